The molecule has 162 valence electrons. The summed E-state index contributed by atoms with van der Waals surface area (Å²) in [6.45, 7) is 0. The Morgan fingerprint density at radius 3 is 1.15 bits per heavy atom. The van der Waals surface area contributed by atoms with E-state index in [0.717, 1.165) is 16.7 Å². The Hall–Kier alpha value is -3.60. The topological polar surface area (TPSA) is 0 Å². The molecule has 0 atom stereocenters. The molecule has 1 aromatic carbocycles. The summed E-state index contributed by atoms with van der Waals surface area (Å²) in [5.41, 5.74) is 2.99. The van der Waals surface area contributed by atoms with Crippen molar-refractivity contribution in [2.45, 2.75) is 5.92 Å². The van der Waals surface area contributed by atoms with Gasteiger partial charge in [-0.1, -0.05) is 156 Å². The van der Waals surface area contributed by atoms with Gasteiger partial charge in [0.15, 0.2) is 0 Å². The van der Waals surface area contributed by atoms with Crippen LogP contribution in [0.5, 0.6) is 0 Å². The highest BCUT2D eigenvalue weighted by atomic mass is 35.5. The normalized spacial score (nSPS) is 17.9. The molecule has 0 radical (unpaired) electrons. The Morgan fingerprint density at radius 1 is 0.441 bits per heavy atom. The van der Waals surface area contributed by atoms with Gasteiger partial charge in [-0.25, -0.2) is 0 Å². The summed E-state index contributed by atoms with van der Waals surface area (Å²) in [5, 5.41) is 0.966. The standard InChI is InChI=1S/C32H20Cl2/c33-31-27(20-17-23-9-1-2-10-23)30(26-15-7-8-16-26)28(21-18-24-11-3-4-12-24)32(34)29(31)22-19-25-13-5-6-14-25/h1-16,23-26H. The molecule has 0 amide bonds. The second-order valence-electron chi connectivity index (χ2n) is 8.16. The van der Waals surface area contributed by atoms with Crippen molar-refractivity contribution >= 4 is 23.2 Å². The van der Waals surface area contributed by atoms with E-state index in [2.05, 4.69) is 72.0 Å². The van der Waals surface area contributed by atoms with Gasteiger partial charge in [-0.05, 0) is 5.56 Å². The van der Waals surface area contributed by atoms with Crippen LogP contribution < -0.4 is 0 Å². The molecular formula is C32H20Cl2. The Balaban J connectivity index is 1.72. The first kappa shape index (κ1) is 22.2. The molecule has 2 heteroatoms. The lowest BCUT2D eigenvalue weighted by atomic mass is 9.88. The van der Waals surface area contributed by atoms with E-state index in [9.17, 15) is 0 Å². The predicted octanol–water partition coefficient (Wildman–Crippen LogP) is 7.48. The van der Waals surface area contributed by atoms with Crippen LogP contribution in [0.25, 0.3) is 0 Å². The van der Waals surface area contributed by atoms with Gasteiger partial charge in [0.2, 0.25) is 0 Å². The zero-order valence-electron chi connectivity index (χ0n) is 18.3. The molecule has 0 saturated heterocycles. The van der Waals surface area contributed by atoms with E-state index >= 15 is 0 Å². The lowest BCUT2D eigenvalue weighted by molar-refractivity contribution is 1.08. The quantitative estimate of drug-likeness (QED) is 0.370. The highest BCUT2D eigenvalue weighted by molar-refractivity contribution is 6.38. The van der Waals surface area contributed by atoms with E-state index in [1.54, 1.807) is 0 Å². The maximum Gasteiger partial charge on any atom is 0.0738 e. The van der Waals surface area contributed by atoms with Crippen molar-refractivity contribution in [3.8, 4) is 35.5 Å². The molecule has 0 spiro atoms. The van der Waals surface area contributed by atoms with Gasteiger partial charge in [0, 0.05) is 17.0 Å². The molecule has 0 saturated carbocycles. The molecule has 0 fully saturated rings. The van der Waals surface area contributed by atoms with E-state index in [-0.39, 0.29) is 23.7 Å². The lowest BCUT2D eigenvalue weighted by Crippen LogP contribution is -2.04. The minimum Gasteiger partial charge on any atom is -0.0860 e. The summed E-state index contributed by atoms with van der Waals surface area (Å²) >= 11 is 14.0. The molecular weight excluding hydrogens is 455 g/mol. The predicted molar refractivity (Wildman–Crippen MR) is 143 cm³/mol. The number of halogens is 2. The molecule has 0 N–H and O–H groups in total. The summed E-state index contributed by atoms with van der Waals surface area (Å²) in [4.78, 5) is 0. The maximum absolute atomic E-state index is 6.99. The van der Waals surface area contributed by atoms with Crippen molar-refractivity contribution in [3.05, 3.63) is 130 Å². The van der Waals surface area contributed by atoms with E-state index < -0.39 is 0 Å². The van der Waals surface area contributed by atoms with Crippen molar-refractivity contribution in [1.82, 2.24) is 0 Å². The minimum atomic E-state index is -0.00404. The second kappa shape index (κ2) is 10.1. The number of hydrogen-bond donors (Lipinski definition) is 0. The molecule has 5 rings (SSSR count). The Kier molecular flexibility index (Phi) is 6.61. The van der Waals surface area contributed by atoms with Crippen LogP contribution in [0.2, 0.25) is 10.0 Å². The third-order valence-corrected chi connectivity index (χ3v) is 6.59. The molecule has 0 heterocycles. The molecule has 0 nitrogen and oxygen atoms in total. The summed E-state index contributed by atoms with van der Waals surface area (Å²) in [7, 11) is 0. The zero-order chi connectivity index (χ0) is 23.3. The number of rotatable bonds is 1. The largest absolute Gasteiger partial charge is 0.0860 e. The van der Waals surface area contributed by atoms with Crippen molar-refractivity contribution in [3.63, 3.8) is 0 Å². The van der Waals surface area contributed by atoms with Crippen molar-refractivity contribution < 1.29 is 0 Å². The molecule has 34 heavy (non-hydrogen) atoms. The number of hydrogen-bond acceptors (Lipinski definition) is 0. The van der Waals surface area contributed by atoms with Crippen LogP contribution in [0.4, 0.5) is 0 Å². The highest BCUT2D eigenvalue weighted by Crippen LogP contribution is 2.40. The van der Waals surface area contributed by atoms with Gasteiger partial charge in [0.1, 0.15) is 0 Å². The van der Waals surface area contributed by atoms with Crippen LogP contribution in [0, 0.1) is 53.3 Å². The van der Waals surface area contributed by atoms with Crippen molar-refractivity contribution in [2.75, 3.05) is 0 Å². The molecule has 0 unspecified atom stereocenters. The Bertz CT molecular complexity index is 1330. The van der Waals surface area contributed by atoms with Crippen LogP contribution >= 0.6 is 23.2 Å². The minimum absolute atomic E-state index is 0.00404. The molecule has 0 bridgehead atoms. The second-order valence-corrected chi connectivity index (χ2v) is 8.91. The summed E-state index contributed by atoms with van der Waals surface area (Å²) in [6.07, 6.45) is 32.6. The first-order valence-corrected chi connectivity index (χ1v) is 12.0. The fourth-order valence-corrected chi connectivity index (χ4v) is 4.70. The zero-order valence-corrected chi connectivity index (χ0v) is 19.8. The average Bonchev–Trinajstić information content (AvgIpc) is 3.64. The monoisotopic (exact) mass is 474 g/mol. The molecule has 0 aliphatic heterocycles. The van der Waals surface area contributed by atoms with Gasteiger partial charge in [-0.3, -0.25) is 0 Å². The first-order valence-electron chi connectivity index (χ1n) is 11.2. The Labute approximate surface area is 211 Å². The lowest BCUT2D eigenvalue weighted by Gasteiger charge is -2.17. The van der Waals surface area contributed by atoms with Crippen molar-refractivity contribution in [2.24, 2.45) is 17.8 Å². The highest BCUT2D eigenvalue weighted by Gasteiger charge is 2.24. The van der Waals surface area contributed by atoms with Crippen molar-refractivity contribution in [1.29, 1.82) is 0 Å². The van der Waals surface area contributed by atoms with Gasteiger partial charge < -0.3 is 0 Å². The summed E-state index contributed by atoms with van der Waals surface area (Å²) in [5.74, 6) is 20.0. The van der Waals surface area contributed by atoms with Gasteiger partial charge in [-0.2, -0.15) is 0 Å². The summed E-state index contributed by atoms with van der Waals surface area (Å²) in [6, 6.07) is 0. The molecule has 1 aromatic rings. The fraction of sp³-hybridized carbons (Fsp3) is 0.125. The average molecular weight is 475 g/mol. The van der Waals surface area contributed by atoms with Gasteiger partial charge >= 0.3 is 0 Å². The molecule has 4 aliphatic rings. The van der Waals surface area contributed by atoms with Gasteiger partial charge in [-0.15, -0.1) is 0 Å². The summed E-state index contributed by atoms with van der Waals surface area (Å²) < 4.78 is 0. The third-order valence-electron chi connectivity index (χ3n) is 5.83. The SMILES string of the molecule is Clc1c(C#CC2C=CC=C2)c(Cl)c(C#CC2C=CC=C2)c(C2C=CC=C2)c1C#CC1C=CC=C1. The van der Waals surface area contributed by atoms with Gasteiger partial charge in [0.05, 0.1) is 33.4 Å². The van der Waals surface area contributed by atoms with Crippen LogP contribution in [-0.4, -0.2) is 0 Å². The fourth-order valence-electron chi connectivity index (χ4n) is 4.07. The molecule has 0 aromatic heterocycles. The Morgan fingerprint density at radius 2 is 0.765 bits per heavy atom. The number of benzene rings is 1. The molecule has 4 aliphatic carbocycles. The van der Waals surface area contributed by atoms with Gasteiger partial charge in [0.25, 0.3) is 0 Å². The third kappa shape index (κ3) is 4.69. The van der Waals surface area contributed by atoms with E-state index in [0.29, 0.717) is 15.6 Å². The number of allylic oxidation sites excluding steroid dienone is 16. The van der Waals surface area contributed by atoms with E-state index in [4.69, 9.17) is 23.2 Å². The first-order chi connectivity index (χ1) is 16.7. The van der Waals surface area contributed by atoms with Crippen LogP contribution in [0.15, 0.2) is 97.2 Å². The smallest absolute Gasteiger partial charge is 0.0738 e. The van der Waals surface area contributed by atoms with Crippen LogP contribution in [-0.2, 0) is 0 Å². The van der Waals surface area contributed by atoms with E-state index in [1.807, 2.05) is 60.8 Å². The maximum atomic E-state index is 6.99. The van der Waals surface area contributed by atoms with Crippen LogP contribution in [0.1, 0.15) is 28.2 Å². The van der Waals surface area contributed by atoms with E-state index in [1.165, 1.54) is 0 Å². The van der Waals surface area contributed by atoms with Crippen LogP contribution in [0.3, 0.4) is 0 Å².